The van der Waals surface area contributed by atoms with Crippen LogP contribution in [0.4, 0.5) is 11.4 Å². The molecule has 0 atom stereocenters. The van der Waals surface area contributed by atoms with Gasteiger partial charge in [0.15, 0.2) is 0 Å². The minimum absolute atomic E-state index is 0.182. The molecule has 1 fully saturated rings. The standard InChI is InChI=1S/C24H23N3O3S/c28-22-11-1-2-12-27(22)16-17-6-3-8-19(14-17)25-23(29)18-7-4-9-20(15-18)26-24(30)21-10-5-13-31-21/h3-10,13-15H,1-2,11-12,16H2,(H,25,29)(H,26,30). The van der Waals surface area contributed by atoms with E-state index in [4.69, 9.17) is 0 Å². The first-order chi connectivity index (χ1) is 15.1. The second-order valence-corrected chi connectivity index (χ2v) is 8.39. The number of carbonyl (C=O) groups is 3. The summed E-state index contributed by atoms with van der Waals surface area (Å²) in [6.07, 6.45) is 2.59. The lowest BCUT2D eigenvalue weighted by Gasteiger charge is -2.26. The highest BCUT2D eigenvalue weighted by molar-refractivity contribution is 7.12. The lowest BCUT2D eigenvalue weighted by atomic mass is 10.1. The van der Waals surface area contributed by atoms with E-state index in [0.29, 0.717) is 34.8 Å². The number of carbonyl (C=O) groups excluding carboxylic acids is 3. The number of amides is 3. The van der Waals surface area contributed by atoms with Gasteiger partial charge in [-0.2, -0.15) is 0 Å². The topological polar surface area (TPSA) is 78.5 Å². The van der Waals surface area contributed by atoms with Crippen molar-refractivity contribution in [3.63, 3.8) is 0 Å². The Morgan fingerprint density at radius 2 is 1.68 bits per heavy atom. The van der Waals surface area contributed by atoms with E-state index >= 15 is 0 Å². The van der Waals surface area contributed by atoms with Crippen molar-refractivity contribution in [3.8, 4) is 0 Å². The van der Waals surface area contributed by atoms with Crippen LogP contribution in [0.1, 0.15) is 44.9 Å². The van der Waals surface area contributed by atoms with Crippen LogP contribution in [0.15, 0.2) is 66.0 Å². The number of likely N-dealkylation sites (tertiary alicyclic amines) is 1. The van der Waals surface area contributed by atoms with E-state index in [0.717, 1.165) is 24.9 Å². The van der Waals surface area contributed by atoms with Crippen LogP contribution < -0.4 is 10.6 Å². The second kappa shape index (κ2) is 9.57. The van der Waals surface area contributed by atoms with E-state index in [2.05, 4.69) is 10.6 Å². The van der Waals surface area contributed by atoms with Crippen LogP contribution in [0.2, 0.25) is 0 Å². The number of piperidine rings is 1. The fraction of sp³-hybridized carbons (Fsp3) is 0.208. The molecule has 0 bridgehead atoms. The van der Waals surface area contributed by atoms with Crippen LogP contribution in [0.5, 0.6) is 0 Å². The van der Waals surface area contributed by atoms with Gasteiger partial charge in [0, 0.05) is 36.4 Å². The average molecular weight is 434 g/mol. The van der Waals surface area contributed by atoms with E-state index in [-0.39, 0.29) is 17.7 Å². The number of benzene rings is 2. The van der Waals surface area contributed by atoms with E-state index in [1.165, 1.54) is 11.3 Å². The molecular weight excluding hydrogens is 410 g/mol. The third kappa shape index (κ3) is 5.38. The summed E-state index contributed by atoms with van der Waals surface area (Å²) in [6, 6.07) is 17.9. The van der Waals surface area contributed by atoms with Crippen LogP contribution in [0.25, 0.3) is 0 Å². The number of anilines is 2. The van der Waals surface area contributed by atoms with Crippen molar-refractivity contribution in [2.45, 2.75) is 25.8 Å². The number of nitrogens with zero attached hydrogens (tertiary/aromatic N) is 1. The Balaban J connectivity index is 1.41. The molecule has 2 aromatic carbocycles. The Morgan fingerprint density at radius 3 is 2.45 bits per heavy atom. The summed E-state index contributed by atoms with van der Waals surface area (Å²) in [5, 5.41) is 7.56. The zero-order chi connectivity index (χ0) is 21.6. The second-order valence-electron chi connectivity index (χ2n) is 7.44. The van der Waals surface area contributed by atoms with Crippen LogP contribution in [-0.2, 0) is 11.3 Å². The lowest BCUT2D eigenvalue weighted by Crippen LogP contribution is -2.34. The normalized spacial score (nSPS) is 13.7. The smallest absolute Gasteiger partial charge is 0.265 e. The van der Waals surface area contributed by atoms with E-state index in [1.807, 2.05) is 40.6 Å². The average Bonchev–Trinajstić information content (AvgIpc) is 3.31. The van der Waals surface area contributed by atoms with Gasteiger partial charge in [0.1, 0.15) is 0 Å². The molecule has 0 aliphatic carbocycles. The van der Waals surface area contributed by atoms with Gasteiger partial charge in [-0.25, -0.2) is 0 Å². The monoisotopic (exact) mass is 433 g/mol. The summed E-state index contributed by atoms with van der Waals surface area (Å²) in [6.45, 7) is 1.33. The number of nitrogens with one attached hydrogen (secondary N) is 2. The van der Waals surface area contributed by atoms with E-state index in [1.54, 1.807) is 30.3 Å². The summed E-state index contributed by atoms with van der Waals surface area (Å²) >= 11 is 1.36. The molecule has 31 heavy (non-hydrogen) atoms. The van der Waals surface area contributed by atoms with Gasteiger partial charge < -0.3 is 15.5 Å². The van der Waals surface area contributed by atoms with Crippen molar-refractivity contribution in [1.82, 2.24) is 4.90 Å². The van der Waals surface area contributed by atoms with Gasteiger partial charge in [0.05, 0.1) is 4.88 Å². The molecule has 158 valence electrons. The third-order valence-electron chi connectivity index (χ3n) is 5.11. The zero-order valence-corrected chi connectivity index (χ0v) is 17.8. The fourth-order valence-corrected chi connectivity index (χ4v) is 4.16. The van der Waals surface area contributed by atoms with Crippen molar-refractivity contribution >= 4 is 40.4 Å². The Hall–Kier alpha value is -3.45. The maximum absolute atomic E-state index is 12.7. The van der Waals surface area contributed by atoms with Gasteiger partial charge in [0.2, 0.25) is 5.91 Å². The number of hydrogen-bond acceptors (Lipinski definition) is 4. The van der Waals surface area contributed by atoms with Crippen molar-refractivity contribution < 1.29 is 14.4 Å². The van der Waals surface area contributed by atoms with Crippen LogP contribution >= 0.6 is 11.3 Å². The molecule has 0 radical (unpaired) electrons. The van der Waals surface area contributed by atoms with Crippen molar-refractivity contribution in [2.24, 2.45) is 0 Å². The van der Waals surface area contributed by atoms with Crippen LogP contribution in [0.3, 0.4) is 0 Å². The maximum atomic E-state index is 12.7. The lowest BCUT2D eigenvalue weighted by molar-refractivity contribution is -0.133. The largest absolute Gasteiger partial charge is 0.338 e. The maximum Gasteiger partial charge on any atom is 0.265 e. The summed E-state index contributed by atoms with van der Waals surface area (Å²) < 4.78 is 0. The number of thiophene rings is 1. The SMILES string of the molecule is O=C(Nc1cccc(CN2CCCCC2=O)c1)c1cccc(NC(=O)c2cccs2)c1. The molecule has 1 aliphatic rings. The number of hydrogen-bond donors (Lipinski definition) is 2. The summed E-state index contributed by atoms with van der Waals surface area (Å²) in [7, 11) is 0. The molecule has 2 N–H and O–H groups in total. The van der Waals surface area contributed by atoms with Gasteiger partial charge in [-0.05, 0) is 60.2 Å². The molecule has 3 aromatic rings. The molecular formula is C24H23N3O3S. The molecule has 1 saturated heterocycles. The predicted molar refractivity (Wildman–Crippen MR) is 122 cm³/mol. The number of rotatable bonds is 6. The van der Waals surface area contributed by atoms with Gasteiger partial charge in [0.25, 0.3) is 11.8 Å². The summed E-state index contributed by atoms with van der Waals surface area (Å²) in [5.41, 5.74) is 2.65. The molecule has 4 rings (SSSR count). The van der Waals surface area contributed by atoms with Gasteiger partial charge in [-0.15, -0.1) is 11.3 Å². The van der Waals surface area contributed by atoms with Crippen LogP contribution in [-0.4, -0.2) is 29.2 Å². The highest BCUT2D eigenvalue weighted by Crippen LogP contribution is 2.19. The highest BCUT2D eigenvalue weighted by atomic mass is 32.1. The quantitative estimate of drug-likeness (QED) is 0.588. The molecule has 2 heterocycles. The Bertz CT molecular complexity index is 1090. The molecule has 3 amide bonds. The van der Waals surface area contributed by atoms with Crippen molar-refractivity contribution in [3.05, 3.63) is 82.0 Å². The Labute approximate surface area is 184 Å². The third-order valence-corrected chi connectivity index (χ3v) is 5.98. The van der Waals surface area contributed by atoms with Gasteiger partial charge >= 0.3 is 0 Å². The molecule has 7 heteroatoms. The molecule has 0 unspecified atom stereocenters. The molecule has 1 aliphatic heterocycles. The summed E-state index contributed by atoms with van der Waals surface area (Å²) in [4.78, 5) is 39.5. The predicted octanol–water partition coefficient (Wildman–Crippen LogP) is 4.77. The van der Waals surface area contributed by atoms with E-state index < -0.39 is 0 Å². The minimum Gasteiger partial charge on any atom is -0.338 e. The molecule has 0 saturated carbocycles. The first-order valence-electron chi connectivity index (χ1n) is 10.2. The van der Waals surface area contributed by atoms with E-state index in [9.17, 15) is 14.4 Å². The molecule has 0 spiro atoms. The minimum atomic E-state index is -0.265. The first kappa shape index (κ1) is 20.8. The molecule has 1 aromatic heterocycles. The molecule has 6 nitrogen and oxygen atoms in total. The summed E-state index contributed by atoms with van der Waals surface area (Å²) in [5.74, 6) is -0.284. The Morgan fingerprint density at radius 1 is 0.903 bits per heavy atom. The van der Waals surface area contributed by atoms with Gasteiger partial charge in [-0.1, -0.05) is 24.3 Å². The van der Waals surface area contributed by atoms with Gasteiger partial charge in [-0.3, -0.25) is 14.4 Å². The zero-order valence-electron chi connectivity index (χ0n) is 17.0. The van der Waals surface area contributed by atoms with Crippen LogP contribution in [0, 0.1) is 0 Å². The fourth-order valence-electron chi connectivity index (χ4n) is 3.54. The Kier molecular flexibility index (Phi) is 6.43. The van der Waals surface area contributed by atoms with Crippen molar-refractivity contribution in [2.75, 3.05) is 17.2 Å². The van der Waals surface area contributed by atoms with Crippen molar-refractivity contribution in [1.29, 1.82) is 0 Å². The first-order valence-corrected chi connectivity index (χ1v) is 11.1. The highest BCUT2D eigenvalue weighted by Gasteiger charge is 2.18.